The normalized spacial score (nSPS) is 26.8. The second-order valence-corrected chi connectivity index (χ2v) is 6.99. The van der Waals surface area contributed by atoms with Crippen LogP contribution in [0.5, 0.6) is 0 Å². The van der Waals surface area contributed by atoms with Gasteiger partial charge in [0.05, 0.1) is 18.6 Å². The molecule has 0 aromatic heterocycles. The third-order valence-corrected chi connectivity index (χ3v) is 4.94. The van der Waals surface area contributed by atoms with E-state index in [-0.39, 0.29) is 18.0 Å². The molecule has 22 heavy (non-hydrogen) atoms. The summed E-state index contributed by atoms with van der Waals surface area (Å²) in [6.45, 7) is 9.93. The van der Waals surface area contributed by atoms with Gasteiger partial charge in [0, 0.05) is 19.6 Å². The molecule has 5 nitrogen and oxygen atoms in total. The second-order valence-electron chi connectivity index (χ2n) is 6.99. The van der Waals surface area contributed by atoms with Crippen molar-refractivity contribution in [3.8, 4) is 0 Å². The standard InChI is InChI=1S/C17H32N2O3/c1-3-22-17(21)15-5-4-8-19(11-15)13-16(20)12-18-9-6-14(2)7-10-18/h14-16,20H,3-13H2,1-2H3/t15-,16?/m0/s1. The molecule has 2 heterocycles. The number of β-amino-alcohol motifs (C(OH)–C–C–N with tert-alkyl or cyclic N) is 1. The SMILES string of the molecule is CCOC(=O)[C@H]1CCCN(CC(O)CN2CCC(C)CC2)C1. The molecule has 0 aromatic carbocycles. The Bertz CT molecular complexity index is 343. The quantitative estimate of drug-likeness (QED) is 0.751. The van der Waals surface area contributed by atoms with Crippen molar-refractivity contribution in [1.82, 2.24) is 9.80 Å². The summed E-state index contributed by atoms with van der Waals surface area (Å²) < 4.78 is 5.13. The van der Waals surface area contributed by atoms with E-state index in [2.05, 4.69) is 16.7 Å². The van der Waals surface area contributed by atoms with Gasteiger partial charge in [0.15, 0.2) is 0 Å². The van der Waals surface area contributed by atoms with Crippen molar-refractivity contribution < 1.29 is 14.6 Å². The highest BCUT2D eigenvalue weighted by Gasteiger charge is 2.28. The molecule has 0 saturated carbocycles. The van der Waals surface area contributed by atoms with Crippen LogP contribution in [0.2, 0.25) is 0 Å². The second kappa shape index (κ2) is 8.85. The maximum Gasteiger partial charge on any atom is 0.310 e. The summed E-state index contributed by atoms with van der Waals surface area (Å²) in [5.41, 5.74) is 0. The average molecular weight is 312 g/mol. The third kappa shape index (κ3) is 5.52. The molecule has 0 spiro atoms. The predicted octanol–water partition coefficient (Wildman–Crippen LogP) is 1.35. The summed E-state index contributed by atoms with van der Waals surface area (Å²) in [5.74, 6) is 0.726. The Balaban J connectivity index is 1.71. The highest BCUT2D eigenvalue weighted by atomic mass is 16.5. The minimum Gasteiger partial charge on any atom is -0.466 e. The Morgan fingerprint density at radius 2 is 1.86 bits per heavy atom. The molecule has 5 heteroatoms. The van der Waals surface area contributed by atoms with E-state index in [1.165, 1.54) is 12.8 Å². The van der Waals surface area contributed by atoms with Crippen LogP contribution in [0.3, 0.4) is 0 Å². The number of aliphatic hydroxyl groups is 1. The molecule has 2 fully saturated rings. The Morgan fingerprint density at radius 3 is 2.55 bits per heavy atom. The molecular formula is C17H32N2O3. The van der Waals surface area contributed by atoms with E-state index in [1.807, 2.05) is 6.92 Å². The lowest BCUT2D eigenvalue weighted by Gasteiger charge is -2.35. The average Bonchev–Trinajstić information content (AvgIpc) is 2.50. The Kier molecular flexibility index (Phi) is 7.12. The molecule has 2 rings (SSSR count). The van der Waals surface area contributed by atoms with E-state index < -0.39 is 0 Å². The number of hydrogen-bond acceptors (Lipinski definition) is 5. The van der Waals surface area contributed by atoms with Crippen molar-refractivity contribution in [1.29, 1.82) is 0 Å². The van der Waals surface area contributed by atoms with Crippen molar-refractivity contribution in [3.05, 3.63) is 0 Å². The molecule has 1 N–H and O–H groups in total. The Labute approximate surface area is 134 Å². The Morgan fingerprint density at radius 1 is 1.18 bits per heavy atom. The fourth-order valence-corrected chi connectivity index (χ4v) is 3.57. The summed E-state index contributed by atoms with van der Waals surface area (Å²) in [6.07, 6.45) is 4.07. The number of esters is 1. The number of carbonyl (C=O) groups excluding carboxylic acids is 1. The van der Waals surface area contributed by atoms with Gasteiger partial charge < -0.3 is 14.7 Å². The van der Waals surface area contributed by atoms with Gasteiger partial charge in [0.25, 0.3) is 0 Å². The highest BCUT2D eigenvalue weighted by molar-refractivity contribution is 5.72. The van der Waals surface area contributed by atoms with Gasteiger partial charge >= 0.3 is 5.97 Å². The maximum atomic E-state index is 11.9. The number of hydrogen-bond donors (Lipinski definition) is 1. The first kappa shape index (κ1) is 17.7. The summed E-state index contributed by atoms with van der Waals surface area (Å²) in [6, 6.07) is 0. The number of nitrogens with zero attached hydrogens (tertiary/aromatic N) is 2. The predicted molar refractivity (Wildman–Crippen MR) is 86.6 cm³/mol. The topological polar surface area (TPSA) is 53.0 Å². The maximum absolute atomic E-state index is 11.9. The molecule has 0 radical (unpaired) electrons. The Hall–Kier alpha value is -0.650. The molecule has 0 amide bonds. The molecule has 0 bridgehead atoms. The van der Waals surface area contributed by atoms with Gasteiger partial charge in [0.2, 0.25) is 0 Å². The first-order chi connectivity index (χ1) is 10.6. The largest absolute Gasteiger partial charge is 0.466 e. The lowest BCUT2D eigenvalue weighted by atomic mass is 9.97. The van der Waals surface area contributed by atoms with Gasteiger partial charge in [-0.3, -0.25) is 9.69 Å². The number of likely N-dealkylation sites (tertiary alicyclic amines) is 2. The molecule has 2 aliphatic rings. The van der Waals surface area contributed by atoms with Crippen molar-refractivity contribution in [2.45, 2.75) is 45.6 Å². The van der Waals surface area contributed by atoms with Gasteiger partial charge in [-0.2, -0.15) is 0 Å². The minimum absolute atomic E-state index is 0.0169. The first-order valence-corrected chi connectivity index (χ1v) is 8.88. The molecule has 0 aliphatic carbocycles. The third-order valence-electron chi connectivity index (χ3n) is 4.94. The van der Waals surface area contributed by atoms with Crippen LogP contribution in [0.15, 0.2) is 0 Å². The molecule has 128 valence electrons. The zero-order chi connectivity index (χ0) is 15.9. The lowest BCUT2D eigenvalue weighted by molar-refractivity contribution is -0.150. The summed E-state index contributed by atoms with van der Waals surface area (Å²) in [7, 11) is 0. The molecule has 2 aliphatic heterocycles. The van der Waals surface area contributed by atoms with Crippen LogP contribution in [-0.4, -0.2) is 72.9 Å². The van der Waals surface area contributed by atoms with Crippen molar-refractivity contribution in [2.75, 3.05) is 45.9 Å². The van der Waals surface area contributed by atoms with Crippen molar-refractivity contribution in [3.63, 3.8) is 0 Å². The van der Waals surface area contributed by atoms with Crippen LogP contribution in [0.25, 0.3) is 0 Å². The van der Waals surface area contributed by atoms with Crippen LogP contribution < -0.4 is 0 Å². The molecule has 0 aromatic rings. The van der Waals surface area contributed by atoms with Gasteiger partial charge in [-0.05, 0) is 58.2 Å². The monoisotopic (exact) mass is 312 g/mol. The number of rotatable bonds is 6. The fourth-order valence-electron chi connectivity index (χ4n) is 3.57. The number of piperidine rings is 2. The van der Waals surface area contributed by atoms with E-state index in [0.717, 1.165) is 51.5 Å². The zero-order valence-corrected chi connectivity index (χ0v) is 14.2. The van der Waals surface area contributed by atoms with Crippen LogP contribution in [0, 0.1) is 11.8 Å². The minimum atomic E-state index is -0.325. The fraction of sp³-hybridized carbons (Fsp3) is 0.941. The molecule has 2 saturated heterocycles. The van der Waals surface area contributed by atoms with Crippen molar-refractivity contribution in [2.24, 2.45) is 11.8 Å². The molecular weight excluding hydrogens is 280 g/mol. The van der Waals surface area contributed by atoms with Gasteiger partial charge in [0.1, 0.15) is 0 Å². The van der Waals surface area contributed by atoms with Crippen LogP contribution in [-0.2, 0) is 9.53 Å². The van der Waals surface area contributed by atoms with Gasteiger partial charge in [-0.25, -0.2) is 0 Å². The highest BCUT2D eigenvalue weighted by Crippen LogP contribution is 2.19. The van der Waals surface area contributed by atoms with E-state index in [1.54, 1.807) is 0 Å². The van der Waals surface area contributed by atoms with Crippen LogP contribution in [0.1, 0.15) is 39.5 Å². The van der Waals surface area contributed by atoms with Crippen molar-refractivity contribution >= 4 is 5.97 Å². The van der Waals surface area contributed by atoms with Gasteiger partial charge in [-0.1, -0.05) is 6.92 Å². The van der Waals surface area contributed by atoms with Crippen LogP contribution >= 0.6 is 0 Å². The van der Waals surface area contributed by atoms with E-state index in [0.29, 0.717) is 13.2 Å². The van der Waals surface area contributed by atoms with Crippen LogP contribution in [0.4, 0.5) is 0 Å². The number of aliphatic hydroxyl groups excluding tert-OH is 1. The first-order valence-electron chi connectivity index (χ1n) is 8.88. The molecule has 2 atom stereocenters. The summed E-state index contributed by atoms with van der Waals surface area (Å²) in [4.78, 5) is 16.5. The smallest absolute Gasteiger partial charge is 0.310 e. The van der Waals surface area contributed by atoms with E-state index in [4.69, 9.17) is 4.74 Å². The van der Waals surface area contributed by atoms with E-state index in [9.17, 15) is 9.90 Å². The zero-order valence-electron chi connectivity index (χ0n) is 14.2. The van der Waals surface area contributed by atoms with E-state index >= 15 is 0 Å². The molecule has 1 unspecified atom stereocenters. The lowest BCUT2D eigenvalue weighted by Crippen LogP contribution is -2.46. The van der Waals surface area contributed by atoms with Gasteiger partial charge in [-0.15, -0.1) is 0 Å². The summed E-state index contributed by atoms with van der Waals surface area (Å²) in [5, 5.41) is 10.3. The summed E-state index contributed by atoms with van der Waals surface area (Å²) >= 11 is 0. The number of carbonyl (C=O) groups is 1. The number of ether oxygens (including phenoxy) is 1.